The van der Waals surface area contributed by atoms with Crippen LogP contribution in [0.2, 0.25) is 0 Å². The van der Waals surface area contributed by atoms with E-state index in [1.807, 2.05) is 96.7 Å². The summed E-state index contributed by atoms with van der Waals surface area (Å²) in [6.45, 7) is 0. The molecule has 1 atom stereocenters. The Morgan fingerprint density at radius 3 is 2.48 bits per heavy atom. The van der Waals surface area contributed by atoms with Gasteiger partial charge in [-0.05, 0) is 59.7 Å². The highest BCUT2D eigenvalue weighted by Crippen LogP contribution is 2.42. The molecule has 1 aliphatic rings. The zero-order chi connectivity index (χ0) is 23.4. The smallest absolute Gasteiger partial charge is 0.238 e. The molecule has 0 saturated carbocycles. The van der Waals surface area contributed by atoms with Crippen molar-refractivity contribution in [1.82, 2.24) is 0 Å². The summed E-state index contributed by atoms with van der Waals surface area (Å²) in [6.07, 6.45) is 0.273. The van der Waals surface area contributed by atoms with Crippen LogP contribution in [0.15, 0.2) is 72.8 Å². The lowest BCUT2D eigenvalue weighted by molar-refractivity contribution is -0.116. The van der Waals surface area contributed by atoms with Crippen LogP contribution in [0.1, 0.15) is 16.5 Å². The molecular formula is C26H27N3O3S. The number of ether oxygens (including phenoxy) is 1. The van der Waals surface area contributed by atoms with Gasteiger partial charge in [-0.15, -0.1) is 11.8 Å². The predicted molar refractivity (Wildman–Crippen MR) is 135 cm³/mol. The van der Waals surface area contributed by atoms with Crippen molar-refractivity contribution in [3.8, 4) is 5.75 Å². The lowest BCUT2D eigenvalue weighted by Gasteiger charge is -2.25. The molecule has 1 heterocycles. The van der Waals surface area contributed by atoms with Crippen molar-refractivity contribution in [3.63, 3.8) is 0 Å². The van der Waals surface area contributed by atoms with E-state index >= 15 is 0 Å². The van der Waals surface area contributed by atoms with Gasteiger partial charge in [-0.3, -0.25) is 14.5 Å². The minimum Gasteiger partial charge on any atom is -0.497 e. The summed E-state index contributed by atoms with van der Waals surface area (Å²) in [5.74, 6) is 1.17. The van der Waals surface area contributed by atoms with Crippen molar-refractivity contribution in [2.24, 2.45) is 0 Å². The van der Waals surface area contributed by atoms with E-state index in [0.717, 1.165) is 28.3 Å². The number of methoxy groups -OCH3 is 1. The maximum Gasteiger partial charge on any atom is 0.238 e. The van der Waals surface area contributed by atoms with Crippen molar-refractivity contribution in [2.45, 2.75) is 11.8 Å². The van der Waals surface area contributed by atoms with Crippen LogP contribution < -0.4 is 19.9 Å². The van der Waals surface area contributed by atoms with Gasteiger partial charge in [0.2, 0.25) is 11.8 Å². The van der Waals surface area contributed by atoms with Gasteiger partial charge in [-0.2, -0.15) is 0 Å². The molecule has 0 bridgehead atoms. The van der Waals surface area contributed by atoms with Crippen LogP contribution in [0.3, 0.4) is 0 Å². The Hall–Kier alpha value is -3.45. The van der Waals surface area contributed by atoms with Gasteiger partial charge in [-0.1, -0.05) is 24.3 Å². The first kappa shape index (κ1) is 22.7. The molecule has 1 N–H and O–H groups in total. The molecule has 1 aliphatic heterocycles. The maximum absolute atomic E-state index is 12.7. The molecule has 3 aromatic rings. The first-order chi connectivity index (χ1) is 15.9. The van der Waals surface area contributed by atoms with Crippen LogP contribution in [0, 0.1) is 0 Å². The largest absolute Gasteiger partial charge is 0.497 e. The fraction of sp³-hybridized carbons (Fsp3) is 0.231. The number of nitrogens with zero attached hydrogens (tertiary/aromatic N) is 2. The summed E-state index contributed by atoms with van der Waals surface area (Å²) in [6, 6.07) is 23.2. The number of rotatable bonds is 7. The molecule has 1 fully saturated rings. The van der Waals surface area contributed by atoms with Crippen LogP contribution in [-0.4, -0.2) is 38.8 Å². The average Bonchev–Trinajstić information content (AvgIpc) is 3.21. The molecular weight excluding hydrogens is 434 g/mol. The summed E-state index contributed by atoms with van der Waals surface area (Å²) in [7, 11) is 5.59. The molecule has 0 unspecified atom stereocenters. The summed E-state index contributed by atoms with van der Waals surface area (Å²) < 4.78 is 5.16. The minimum atomic E-state index is -0.138. The van der Waals surface area contributed by atoms with Crippen LogP contribution in [0.4, 0.5) is 17.1 Å². The maximum atomic E-state index is 12.7. The van der Waals surface area contributed by atoms with Gasteiger partial charge in [0.15, 0.2) is 0 Å². The number of anilines is 3. The van der Waals surface area contributed by atoms with Gasteiger partial charge in [-0.25, -0.2) is 0 Å². The van der Waals surface area contributed by atoms with Crippen molar-refractivity contribution in [2.75, 3.05) is 42.1 Å². The Morgan fingerprint density at radius 1 is 1.09 bits per heavy atom. The highest BCUT2D eigenvalue weighted by atomic mass is 32.2. The standard InChI is InChI=1S/C26H27N3O3S/c1-28(2)21-9-11-22(12-10-21)29-25(31)17-33-26(29)19-5-4-6-20(16-19)27-24(30)15-18-7-13-23(32-3)14-8-18/h4-14,16,26H,15,17H2,1-3H3,(H,27,30)/t26-/m0/s1. The SMILES string of the molecule is COc1ccc(CC(=O)Nc2cccc([C@@H]3SCC(=O)N3c3ccc(N(C)C)cc3)c2)cc1. The Balaban J connectivity index is 1.48. The zero-order valence-electron chi connectivity index (χ0n) is 18.9. The van der Waals surface area contributed by atoms with Gasteiger partial charge in [0.05, 0.1) is 19.3 Å². The lowest BCUT2D eigenvalue weighted by Crippen LogP contribution is -2.28. The van der Waals surface area contributed by atoms with Crippen molar-refractivity contribution in [1.29, 1.82) is 0 Å². The second-order valence-electron chi connectivity index (χ2n) is 8.04. The summed E-state index contributed by atoms with van der Waals surface area (Å²) in [5.41, 5.74) is 4.55. The van der Waals surface area contributed by atoms with Crippen LogP contribution >= 0.6 is 11.8 Å². The number of thioether (sulfide) groups is 1. The topological polar surface area (TPSA) is 61.9 Å². The third-order valence-electron chi connectivity index (χ3n) is 5.49. The van der Waals surface area contributed by atoms with E-state index in [-0.39, 0.29) is 23.6 Å². The quantitative estimate of drug-likeness (QED) is 0.552. The Labute approximate surface area is 198 Å². The van der Waals surface area contributed by atoms with Gasteiger partial charge in [0.25, 0.3) is 0 Å². The molecule has 2 amide bonds. The van der Waals surface area contributed by atoms with Gasteiger partial charge >= 0.3 is 0 Å². The molecule has 0 spiro atoms. The third kappa shape index (κ3) is 5.31. The lowest BCUT2D eigenvalue weighted by atomic mass is 10.1. The summed E-state index contributed by atoms with van der Waals surface area (Å²) in [4.78, 5) is 29.1. The fourth-order valence-electron chi connectivity index (χ4n) is 3.77. The molecule has 7 heteroatoms. The van der Waals surface area contributed by atoms with E-state index < -0.39 is 0 Å². The second kappa shape index (κ2) is 10.0. The molecule has 0 radical (unpaired) electrons. The molecule has 33 heavy (non-hydrogen) atoms. The van der Waals surface area contributed by atoms with Crippen LogP contribution in [-0.2, 0) is 16.0 Å². The first-order valence-corrected chi connectivity index (χ1v) is 11.7. The van der Waals surface area contributed by atoms with Crippen LogP contribution in [0.5, 0.6) is 5.75 Å². The fourth-order valence-corrected chi connectivity index (χ4v) is 4.93. The number of amides is 2. The van der Waals surface area contributed by atoms with Gasteiger partial charge in [0.1, 0.15) is 11.1 Å². The normalized spacial score (nSPS) is 15.4. The van der Waals surface area contributed by atoms with E-state index in [1.54, 1.807) is 18.9 Å². The minimum absolute atomic E-state index is 0.0801. The summed E-state index contributed by atoms with van der Waals surface area (Å²) in [5, 5.41) is 2.84. The van der Waals surface area contributed by atoms with Crippen molar-refractivity contribution in [3.05, 3.63) is 83.9 Å². The van der Waals surface area contributed by atoms with E-state index in [2.05, 4.69) is 5.32 Å². The number of benzene rings is 3. The van der Waals surface area contributed by atoms with Gasteiger partial charge < -0.3 is 15.0 Å². The molecule has 0 aliphatic carbocycles. The molecule has 1 saturated heterocycles. The monoisotopic (exact) mass is 461 g/mol. The number of nitrogens with one attached hydrogen (secondary N) is 1. The average molecular weight is 462 g/mol. The van der Waals surface area contributed by atoms with E-state index in [1.165, 1.54) is 0 Å². The third-order valence-corrected chi connectivity index (χ3v) is 6.70. The highest BCUT2D eigenvalue weighted by molar-refractivity contribution is 8.00. The van der Waals surface area contributed by atoms with E-state index in [9.17, 15) is 9.59 Å². The first-order valence-electron chi connectivity index (χ1n) is 10.7. The zero-order valence-corrected chi connectivity index (χ0v) is 19.8. The van der Waals surface area contributed by atoms with Gasteiger partial charge in [0, 0.05) is 31.2 Å². The molecule has 0 aromatic heterocycles. The highest BCUT2D eigenvalue weighted by Gasteiger charge is 2.34. The second-order valence-corrected chi connectivity index (χ2v) is 9.10. The number of hydrogen-bond donors (Lipinski definition) is 1. The van der Waals surface area contributed by atoms with E-state index in [0.29, 0.717) is 11.4 Å². The van der Waals surface area contributed by atoms with Crippen molar-refractivity contribution >= 4 is 40.6 Å². The molecule has 4 rings (SSSR count). The Kier molecular flexibility index (Phi) is 6.89. The summed E-state index contributed by atoms with van der Waals surface area (Å²) >= 11 is 1.59. The number of carbonyl (C=O) groups excluding carboxylic acids is 2. The Morgan fingerprint density at radius 2 is 1.82 bits per heavy atom. The van der Waals surface area contributed by atoms with Crippen molar-refractivity contribution < 1.29 is 14.3 Å². The molecule has 3 aromatic carbocycles. The number of carbonyl (C=O) groups is 2. The molecule has 170 valence electrons. The number of hydrogen-bond acceptors (Lipinski definition) is 5. The van der Waals surface area contributed by atoms with E-state index in [4.69, 9.17) is 4.74 Å². The Bertz CT molecular complexity index is 1130. The molecule has 6 nitrogen and oxygen atoms in total. The predicted octanol–water partition coefficient (Wildman–Crippen LogP) is 4.72. The van der Waals surface area contributed by atoms with Crippen LogP contribution in [0.25, 0.3) is 0 Å².